The van der Waals surface area contributed by atoms with Gasteiger partial charge < -0.3 is 76.4 Å². The Bertz CT molecular complexity index is 2870. The van der Waals surface area contributed by atoms with Gasteiger partial charge in [0.05, 0.1) is 55.2 Å². The number of aliphatic hydroxyl groups excluding tert-OH is 8. The average Bonchev–Trinajstić information content (AvgIpc) is 4.06. The van der Waals surface area contributed by atoms with Gasteiger partial charge in [0.2, 0.25) is 29.5 Å². The molecule has 4 aromatic rings. The molecule has 12 N–H and O–H groups in total. The highest BCUT2D eigenvalue weighted by Gasteiger charge is 2.50. The lowest BCUT2D eigenvalue weighted by atomic mass is 9.86. The van der Waals surface area contributed by atoms with E-state index >= 15 is 0 Å². The number of phenols is 1. The van der Waals surface area contributed by atoms with E-state index in [9.17, 15) is 79.5 Å². The predicted octanol–water partition coefficient (Wildman–Crippen LogP) is 1.25. The van der Waals surface area contributed by atoms with Gasteiger partial charge in [-0.2, -0.15) is 0 Å². The van der Waals surface area contributed by atoms with E-state index in [4.69, 9.17) is 4.74 Å². The van der Waals surface area contributed by atoms with Gasteiger partial charge in [-0.05, 0) is 78.8 Å². The molecule has 442 valence electrons. The average molecular weight is 1140 g/mol. The molecule has 22 heteroatoms. The van der Waals surface area contributed by atoms with Crippen LogP contribution in [0, 0.1) is 17.8 Å². The van der Waals surface area contributed by atoms with E-state index in [1.54, 1.807) is 12.1 Å². The summed E-state index contributed by atoms with van der Waals surface area (Å²) < 4.78 is 5.85. The van der Waals surface area contributed by atoms with Crippen LogP contribution in [0.5, 0.6) is 11.5 Å². The largest absolute Gasteiger partial charge is 0.508 e. The van der Waals surface area contributed by atoms with Crippen molar-refractivity contribution in [2.75, 3.05) is 19.7 Å². The maximum Gasteiger partial charge on any atom is 0.248 e. The number of aliphatic hydroxyl groups is 8. The Morgan fingerprint density at radius 2 is 1.20 bits per heavy atom. The normalized spacial score (nSPS) is 27.7. The molecule has 0 bridgehead atoms. The van der Waals surface area contributed by atoms with E-state index < -0.39 is 164 Å². The summed E-state index contributed by atoms with van der Waals surface area (Å²) in [5.41, 5.74) is 3.62. The maximum absolute atomic E-state index is 14.5. The number of nitrogens with one attached hydrogen (secondary N) is 3. The van der Waals surface area contributed by atoms with Crippen LogP contribution in [-0.2, 0) is 28.8 Å². The molecule has 0 radical (unpaired) electrons. The number of carbonyl (C=O) groups excluding carboxylic acids is 7. The van der Waals surface area contributed by atoms with Crippen LogP contribution in [-0.4, -0.2) is 184 Å². The van der Waals surface area contributed by atoms with E-state index in [1.165, 1.54) is 43.3 Å². The first kappa shape index (κ1) is 62.5. The smallest absolute Gasteiger partial charge is 0.248 e. The van der Waals surface area contributed by atoms with Gasteiger partial charge >= 0.3 is 0 Å². The van der Waals surface area contributed by atoms with Gasteiger partial charge in [-0.3, -0.25) is 33.6 Å². The number of rotatable bonds is 15. The van der Waals surface area contributed by atoms with Crippen LogP contribution in [0.2, 0.25) is 0 Å². The van der Waals surface area contributed by atoms with Crippen LogP contribution < -0.4 is 20.7 Å². The zero-order valence-electron chi connectivity index (χ0n) is 46.2. The van der Waals surface area contributed by atoms with Crippen molar-refractivity contribution < 1.29 is 84.3 Å². The minimum atomic E-state index is -2.24. The van der Waals surface area contributed by atoms with Crippen LogP contribution in [0.3, 0.4) is 0 Å². The first-order valence-electron chi connectivity index (χ1n) is 27.7. The van der Waals surface area contributed by atoms with Crippen LogP contribution in [0.4, 0.5) is 0 Å². The standard InChI is InChI=1S/C60H75N5O17/c1-5-6-7-24-82-43-22-18-37(19-23-43)35-10-8-34(9-11-35)36-12-14-38(15-13-36)46(70)25-40-26-48(72)57(78)63-58(79)51-52(73)31(2)29-65(51)60(81)50(33(4)67)62-56(77)44(54(75)53(74)39-16-20-41(68)21-17-39)28-47(71)45-27-42(69)30-64(45)59(80)49(32(3)66)61-55(40)76/h8-23,31-33,40,42,44-45,48-54,57,66-69,72-75,78H,5-7,24-30H2,1-4H3,(H,61,76)(H,62,77)(H,63,79)/t31?,32?,33?,40-,42?,44+,45+,48-,49+,50+,51+,52?,53?,54?,57?/m1/s1. The number of benzene rings is 4. The van der Waals surface area contributed by atoms with Gasteiger partial charge in [-0.1, -0.05) is 99.5 Å². The number of nitrogens with zero attached hydrogens (tertiary/aromatic N) is 2. The van der Waals surface area contributed by atoms with E-state index in [2.05, 4.69) is 22.9 Å². The fourth-order valence-electron chi connectivity index (χ4n) is 10.8. The lowest BCUT2D eigenvalue weighted by molar-refractivity contribution is -0.149. The molecule has 0 saturated carbocycles. The molecule has 7 rings (SSSR count). The summed E-state index contributed by atoms with van der Waals surface area (Å²) in [5.74, 6) is -11.3. The first-order valence-corrected chi connectivity index (χ1v) is 27.7. The number of phenolic OH excluding ortho intramolecular Hbond substituents is 1. The number of unbranched alkanes of at least 4 members (excludes halogenated alkanes) is 2. The van der Waals surface area contributed by atoms with Gasteiger partial charge in [-0.25, -0.2) is 0 Å². The lowest BCUT2D eigenvalue weighted by Crippen LogP contribution is -2.60. The third kappa shape index (κ3) is 14.9. The van der Waals surface area contributed by atoms with Crippen LogP contribution in [0.15, 0.2) is 97.1 Å². The van der Waals surface area contributed by atoms with Gasteiger partial charge in [0, 0.05) is 49.8 Å². The summed E-state index contributed by atoms with van der Waals surface area (Å²) in [6.45, 7) is 5.64. The molecule has 0 aromatic heterocycles. The predicted molar refractivity (Wildman–Crippen MR) is 296 cm³/mol. The second-order valence-electron chi connectivity index (χ2n) is 21.9. The number of Topliss-reactive ketones (excluding diaryl/α,β-unsaturated/α-hetero) is 2. The zero-order valence-corrected chi connectivity index (χ0v) is 46.2. The SMILES string of the molecule is CCCCCOc1ccc(-c2ccc(-c3ccc(C(=O)C[C@@H]4C[C@@H](O)C(O)NC(=O)[C@@H]5C(O)C(C)CN5C(=O)[C@H](C(C)O)NC(=O)[C@H](C(O)C(O)c5ccc(O)cc5)CC(=O)[C@@H]5CC(O)CN5C(=O)[C@H](C(C)O)NC4=O)cc3)cc2)cc1. The minimum Gasteiger partial charge on any atom is -0.508 e. The molecule has 3 fully saturated rings. The number of fused-ring (bicyclic) bond motifs is 2. The first-order chi connectivity index (χ1) is 39.0. The highest BCUT2D eigenvalue weighted by molar-refractivity contribution is 6.01. The molecule has 3 saturated heterocycles. The van der Waals surface area contributed by atoms with Crippen LogP contribution >= 0.6 is 0 Å². The molecule has 0 aliphatic carbocycles. The molecule has 3 aliphatic rings. The van der Waals surface area contributed by atoms with Crippen molar-refractivity contribution in [3.05, 3.63) is 108 Å². The molecule has 4 aromatic carbocycles. The van der Waals surface area contributed by atoms with Gasteiger partial charge in [0.1, 0.15) is 35.7 Å². The Morgan fingerprint density at radius 3 is 1.76 bits per heavy atom. The monoisotopic (exact) mass is 1140 g/mol. The molecule has 5 amide bonds. The number of ether oxygens (including phenoxy) is 1. The van der Waals surface area contributed by atoms with Crippen molar-refractivity contribution in [3.63, 3.8) is 0 Å². The number of hydrogen-bond donors (Lipinski definition) is 12. The number of aromatic hydroxyl groups is 1. The Kier molecular flexibility index (Phi) is 21.1. The van der Waals surface area contributed by atoms with Gasteiger partial charge in [-0.15, -0.1) is 0 Å². The zero-order chi connectivity index (χ0) is 59.7. The van der Waals surface area contributed by atoms with E-state index in [0.29, 0.717) is 6.61 Å². The second kappa shape index (κ2) is 27.7. The topological polar surface area (TPSA) is 353 Å². The fraction of sp³-hybridized carbons (Fsp3) is 0.483. The number of amides is 5. The fourth-order valence-corrected chi connectivity index (χ4v) is 10.8. The van der Waals surface area contributed by atoms with Gasteiger partial charge in [0.25, 0.3) is 0 Å². The van der Waals surface area contributed by atoms with E-state index in [1.807, 2.05) is 48.5 Å². The van der Waals surface area contributed by atoms with Crippen molar-refractivity contribution in [1.29, 1.82) is 0 Å². The third-order valence-corrected chi connectivity index (χ3v) is 15.6. The summed E-state index contributed by atoms with van der Waals surface area (Å²) >= 11 is 0. The molecular formula is C60H75N5O17. The minimum absolute atomic E-state index is 0.0294. The number of hydrogen-bond acceptors (Lipinski definition) is 17. The highest BCUT2D eigenvalue weighted by atomic mass is 16.5. The lowest BCUT2D eigenvalue weighted by Gasteiger charge is -2.33. The number of ketones is 2. The summed E-state index contributed by atoms with van der Waals surface area (Å²) in [7, 11) is 0. The van der Waals surface area contributed by atoms with Crippen LogP contribution in [0.1, 0.15) is 94.7 Å². The summed E-state index contributed by atoms with van der Waals surface area (Å²) in [4.78, 5) is 102. The van der Waals surface area contributed by atoms with Crippen LogP contribution in [0.25, 0.3) is 22.3 Å². The molecule has 3 heterocycles. The van der Waals surface area contributed by atoms with E-state index in [0.717, 1.165) is 70.9 Å². The summed E-state index contributed by atoms with van der Waals surface area (Å²) in [5, 5.41) is 107. The highest BCUT2D eigenvalue weighted by Crippen LogP contribution is 2.32. The second-order valence-corrected chi connectivity index (χ2v) is 21.9. The van der Waals surface area contributed by atoms with Crippen molar-refractivity contribution in [2.24, 2.45) is 17.8 Å². The third-order valence-electron chi connectivity index (χ3n) is 15.6. The Labute approximate surface area is 474 Å². The maximum atomic E-state index is 14.5. The Balaban J connectivity index is 1.18. The molecule has 15 atom stereocenters. The number of carbonyl (C=O) groups is 7. The summed E-state index contributed by atoms with van der Waals surface area (Å²) in [6, 6.07) is 19.6. The van der Waals surface area contributed by atoms with Crippen molar-refractivity contribution in [2.45, 2.75) is 146 Å². The summed E-state index contributed by atoms with van der Waals surface area (Å²) in [6.07, 6.45) is -14.6. The molecular weight excluding hydrogens is 1060 g/mol. The van der Waals surface area contributed by atoms with Crippen molar-refractivity contribution in [1.82, 2.24) is 25.8 Å². The molecule has 3 aliphatic heterocycles. The van der Waals surface area contributed by atoms with Crippen molar-refractivity contribution in [3.8, 4) is 33.8 Å². The van der Waals surface area contributed by atoms with Gasteiger partial charge in [0.15, 0.2) is 17.8 Å². The molecule has 22 nitrogen and oxygen atoms in total. The molecule has 8 unspecified atom stereocenters. The molecule has 82 heavy (non-hydrogen) atoms. The quantitative estimate of drug-likeness (QED) is 0.0589. The Morgan fingerprint density at radius 1 is 0.659 bits per heavy atom. The molecule has 0 spiro atoms. The van der Waals surface area contributed by atoms with Crippen molar-refractivity contribution >= 4 is 41.1 Å². The van der Waals surface area contributed by atoms with E-state index in [-0.39, 0.29) is 23.4 Å². The Hall–Kier alpha value is -7.15.